The van der Waals surface area contributed by atoms with Crippen molar-refractivity contribution in [2.75, 3.05) is 0 Å². The molecule has 1 aromatic rings. The Bertz CT molecular complexity index is 373. The Morgan fingerprint density at radius 2 is 1.80 bits per heavy atom. The van der Waals surface area contributed by atoms with Crippen LogP contribution < -0.4 is 5.32 Å². The summed E-state index contributed by atoms with van der Waals surface area (Å²) >= 11 is 3.28. The van der Waals surface area contributed by atoms with Crippen molar-refractivity contribution in [1.29, 1.82) is 0 Å². The molecule has 15 heavy (non-hydrogen) atoms. The maximum atomic E-state index is 11.6. The zero-order valence-electron chi connectivity index (χ0n) is 8.58. The Kier molecular flexibility index (Phi) is 4.03. The van der Waals surface area contributed by atoms with E-state index in [1.54, 1.807) is 31.2 Å². The molecule has 4 heteroatoms. The van der Waals surface area contributed by atoms with E-state index in [-0.39, 0.29) is 11.7 Å². The van der Waals surface area contributed by atoms with Crippen molar-refractivity contribution in [3.63, 3.8) is 0 Å². The van der Waals surface area contributed by atoms with Gasteiger partial charge in [-0.1, -0.05) is 15.9 Å². The van der Waals surface area contributed by atoms with E-state index in [1.807, 2.05) is 0 Å². The van der Waals surface area contributed by atoms with E-state index in [0.717, 1.165) is 4.47 Å². The molecule has 0 saturated heterocycles. The van der Waals surface area contributed by atoms with Crippen LogP contribution >= 0.6 is 15.9 Å². The highest BCUT2D eigenvalue weighted by Gasteiger charge is 2.12. The van der Waals surface area contributed by atoms with Gasteiger partial charge in [-0.2, -0.15) is 0 Å². The summed E-state index contributed by atoms with van der Waals surface area (Å²) in [6, 6.07) is 6.53. The van der Waals surface area contributed by atoms with E-state index >= 15 is 0 Å². The van der Waals surface area contributed by atoms with Gasteiger partial charge in [-0.3, -0.25) is 9.59 Å². The highest BCUT2D eigenvalue weighted by Crippen LogP contribution is 2.10. The van der Waals surface area contributed by atoms with Crippen LogP contribution in [0, 0.1) is 0 Å². The second-order valence-electron chi connectivity index (χ2n) is 3.31. The summed E-state index contributed by atoms with van der Waals surface area (Å²) in [4.78, 5) is 22.5. The Morgan fingerprint density at radius 3 is 2.27 bits per heavy atom. The van der Waals surface area contributed by atoms with Crippen LogP contribution in [0.25, 0.3) is 0 Å². The standard InChI is InChI=1S/C11H12BrNO2/c1-7(8(2)14)13-11(15)9-3-5-10(12)6-4-9/h3-7H,1-2H3,(H,13,15). The van der Waals surface area contributed by atoms with Crippen LogP contribution in [0.4, 0.5) is 0 Å². The zero-order valence-corrected chi connectivity index (χ0v) is 10.2. The average molecular weight is 270 g/mol. The number of benzene rings is 1. The number of nitrogens with one attached hydrogen (secondary N) is 1. The fourth-order valence-electron chi connectivity index (χ4n) is 0.983. The number of halogens is 1. The maximum Gasteiger partial charge on any atom is 0.251 e. The first-order valence-corrected chi connectivity index (χ1v) is 5.37. The molecule has 0 bridgehead atoms. The average Bonchev–Trinajstić information content (AvgIpc) is 2.18. The van der Waals surface area contributed by atoms with Gasteiger partial charge in [-0.15, -0.1) is 0 Å². The number of rotatable bonds is 3. The van der Waals surface area contributed by atoms with Gasteiger partial charge in [-0.25, -0.2) is 0 Å². The van der Waals surface area contributed by atoms with Crippen LogP contribution in [-0.2, 0) is 4.79 Å². The molecule has 0 heterocycles. The first kappa shape index (κ1) is 11.9. The lowest BCUT2D eigenvalue weighted by Crippen LogP contribution is -2.37. The van der Waals surface area contributed by atoms with Crippen molar-refractivity contribution < 1.29 is 9.59 Å². The predicted octanol–water partition coefficient (Wildman–Crippen LogP) is 2.16. The number of amides is 1. The van der Waals surface area contributed by atoms with Crippen LogP contribution in [0.5, 0.6) is 0 Å². The van der Waals surface area contributed by atoms with Crippen molar-refractivity contribution in [3.8, 4) is 0 Å². The Labute approximate surface area is 97.0 Å². The molecule has 0 aliphatic carbocycles. The molecule has 1 rings (SSSR count). The quantitative estimate of drug-likeness (QED) is 0.914. The molecule has 0 aromatic heterocycles. The first-order valence-electron chi connectivity index (χ1n) is 4.57. The maximum absolute atomic E-state index is 11.6. The molecule has 1 unspecified atom stereocenters. The monoisotopic (exact) mass is 269 g/mol. The molecular weight excluding hydrogens is 258 g/mol. The van der Waals surface area contributed by atoms with Crippen LogP contribution in [0.15, 0.2) is 28.7 Å². The van der Waals surface area contributed by atoms with E-state index in [2.05, 4.69) is 21.2 Å². The van der Waals surface area contributed by atoms with E-state index in [0.29, 0.717) is 5.56 Å². The minimum absolute atomic E-state index is 0.0551. The summed E-state index contributed by atoms with van der Waals surface area (Å²) in [5.41, 5.74) is 0.548. The third kappa shape index (κ3) is 3.47. The SMILES string of the molecule is CC(=O)C(C)NC(=O)c1ccc(Br)cc1. The van der Waals surface area contributed by atoms with E-state index < -0.39 is 6.04 Å². The van der Waals surface area contributed by atoms with Crippen molar-refractivity contribution in [1.82, 2.24) is 5.32 Å². The summed E-state index contributed by atoms with van der Waals surface area (Å²) in [7, 11) is 0. The highest BCUT2D eigenvalue weighted by molar-refractivity contribution is 9.10. The fourth-order valence-corrected chi connectivity index (χ4v) is 1.25. The molecule has 0 radical (unpaired) electrons. The summed E-state index contributed by atoms with van der Waals surface area (Å²) in [6.45, 7) is 3.12. The smallest absolute Gasteiger partial charge is 0.251 e. The van der Waals surface area contributed by atoms with Gasteiger partial charge in [-0.05, 0) is 38.1 Å². The number of carbonyl (C=O) groups excluding carboxylic acids is 2. The molecular formula is C11H12BrNO2. The van der Waals surface area contributed by atoms with E-state index in [1.165, 1.54) is 6.92 Å². The molecule has 1 N–H and O–H groups in total. The van der Waals surface area contributed by atoms with Gasteiger partial charge in [0, 0.05) is 10.0 Å². The minimum atomic E-state index is -0.443. The number of ketones is 1. The summed E-state index contributed by atoms with van der Waals surface area (Å²) in [5.74, 6) is -0.286. The largest absolute Gasteiger partial charge is 0.343 e. The fraction of sp³-hybridized carbons (Fsp3) is 0.273. The topological polar surface area (TPSA) is 46.2 Å². The second-order valence-corrected chi connectivity index (χ2v) is 4.23. The van der Waals surface area contributed by atoms with Crippen molar-refractivity contribution >= 4 is 27.6 Å². The summed E-state index contributed by atoms with van der Waals surface area (Å²) < 4.78 is 0.915. The molecule has 0 fully saturated rings. The molecule has 0 saturated carbocycles. The van der Waals surface area contributed by atoms with Gasteiger partial charge >= 0.3 is 0 Å². The third-order valence-electron chi connectivity index (χ3n) is 2.06. The summed E-state index contributed by atoms with van der Waals surface area (Å²) in [6.07, 6.45) is 0. The number of carbonyl (C=O) groups is 2. The normalized spacial score (nSPS) is 11.9. The lowest BCUT2D eigenvalue weighted by atomic mass is 10.2. The van der Waals surface area contributed by atoms with Crippen LogP contribution in [0.3, 0.4) is 0 Å². The second kappa shape index (κ2) is 5.07. The van der Waals surface area contributed by atoms with Gasteiger partial charge in [0.25, 0.3) is 5.91 Å². The molecule has 0 aliphatic rings. The lowest BCUT2D eigenvalue weighted by molar-refractivity contribution is -0.118. The molecule has 3 nitrogen and oxygen atoms in total. The molecule has 0 aliphatic heterocycles. The van der Waals surface area contributed by atoms with Gasteiger partial charge in [0.1, 0.15) is 0 Å². The molecule has 0 spiro atoms. The molecule has 80 valence electrons. The molecule has 1 atom stereocenters. The number of hydrogen-bond donors (Lipinski definition) is 1. The number of Topliss-reactive ketones (excluding diaryl/α,β-unsaturated/α-hetero) is 1. The Balaban J connectivity index is 2.69. The van der Waals surface area contributed by atoms with E-state index in [9.17, 15) is 9.59 Å². The Hall–Kier alpha value is -1.16. The number of hydrogen-bond acceptors (Lipinski definition) is 2. The zero-order chi connectivity index (χ0) is 11.4. The van der Waals surface area contributed by atoms with Gasteiger partial charge in [0.05, 0.1) is 6.04 Å². The lowest BCUT2D eigenvalue weighted by Gasteiger charge is -2.10. The van der Waals surface area contributed by atoms with Crippen LogP contribution in [0.1, 0.15) is 24.2 Å². The van der Waals surface area contributed by atoms with Crippen LogP contribution in [0.2, 0.25) is 0 Å². The highest BCUT2D eigenvalue weighted by atomic mass is 79.9. The van der Waals surface area contributed by atoms with Crippen molar-refractivity contribution in [3.05, 3.63) is 34.3 Å². The third-order valence-corrected chi connectivity index (χ3v) is 2.59. The van der Waals surface area contributed by atoms with Gasteiger partial charge < -0.3 is 5.32 Å². The van der Waals surface area contributed by atoms with Crippen molar-refractivity contribution in [2.24, 2.45) is 0 Å². The predicted molar refractivity (Wildman–Crippen MR) is 61.8 cm³/mol. The summed E-state index contributed by atoms with van der Waals surface area (Å²) in [5, 5.41) is 2.61. The Morgan fingerprint density at radius 1 is 1.27 bits per heavy atom. The van der Waals surface area contributed by atoms with E-state index in [4.69, 9.17) is 0 Å². The van der Waals surface area contributed by atoms with Gasteiger partial charge in [0.15, 0.2) is 5.78 Å². The van der Waals surface area contributed by atoms with Crippen LogP contribution in [-0.4, -0.2) is 17.7 Å². The molecule has 1 amide bonds. The van der Waals surface area contributed by atoms with Crippen molar-refractivity contribution in [2.45, 2.75) is 19.9 Å². The molecule has 1 aromatic carbocycles. The van der Waals surface area contributed by atoms with Gasteiger partial charge in [0.2, 0.25) is 0 Å². The minimum Gasteiger partial charge on any atom is -0.343 e. The first-order chi connectivity index (χ1) is 7.00.